The second-order valence-corrected chi connectivity index (χ2v) is 7.83. The number of amidine groups is 1. The number of benzene rings is 2. The molecule has 9 heteroatoms. The lowest BCUT2D eigenvalue weighted by Gasteiger charge is -2.25. The molecule has 0 heterocycles. The van der Waals surface area contributed by atoms with Gasteiger partial charge in [-0.2, -0.15) is 0 Å². The minimum absolute atomic E-state index is 0.215. The van der Waals surface area contributed by atoms with Gasteiger partial charge in [0.1, 0.15) is 11.7 Å². The van der Waals surface area contributed by atoms with E-state index in [9.17, 15) is 19.1 Å². The lowest BCUT2D eigenvalue weighted by atomic mass is 9.93. The first-order valence-corrected chi connectivity index (χ1v) is 9.57. The molecule has 0 unspecified atom stereocenters. The Kier molecular flexibility index (Phi) is 7.91. The molecule has 160 valence electrons. The molecule has 2 aromatic carbocycles. The third-order valence-corrected chi connectivity index (χ3v) is 4.62. The molecule has 2 rings (SSSR count). The zero-order valence-electron chi connectivity index (χ0n) is 16.6. The van der Waals surface area contributed by atoms with Crippen LogP contribution < -0.4 is 16.0 Å². The monoisotopic (exact) mass is 434 g/mol. The molecule has 0 fully saturated rings. The molecule has 0 bridgehead atoms. The fourth-order valence-corrected chi connectivity index (χ4v) is 2.52. The Bertz CT molecular complexity index is 901. The number of carbonyl (C=O) groups excluding carboxylic acids is 2. The van der Waals surface area contributed by atoms with Crippen LogP contribution in [-0.4, -0.2) is 35.5 Å². The highest BCUT2D eigenvalue weighted by molar-refractivity contribution is 6.30. The number of aliphatic hydroxyl groups excluding tert-OH is 1. The maximum absolute atomic E-state index is 13.0. The summed E-state index contributed by atoms with van der Waals surface area (Å²) in [5.41, 5.74) is 0.0658. The van der Waals surface area contributed by atoms with Crippen molar-refractivity contribution in [1.82, 2.24) is 10.6 Å². The fourth-order valence-electron chi connectivity index (χ4n) is 2.39. The minimum atomic E-state index is -1.09. The molecule has 3 amide bonds. The van der Waals surface area contributed by atoms with Gasteiger partial charge in [0.15, 0.2) is 0 Å². The lowest BCUT2D eigenvalue weighted by Crippen LogP contribution is -2.53. The first-order valence-electron chi connectivity index (χ1n) is 9.19. The van der Waals surface area contributed by atoms with Crippen molar-refractivity contribution in [1.29, 1.82) is 5.41 Å². The van der Waals surface area contributed by atoms with Crippen LogP contribution in [0.3, 0.4) is 0 Å². The van der Waals surface area contributed by atoms with Gasteiger partial charge in [0.25, 0.3) is 0 Å². The zero-order chi connectivity index (χ0) is 22.3. The van der Waals surface area contributed by atoms with Crippen LogP contribution in [0.15, 0.2) is 48.5 Å². The van der Waals surface area contributed by atoms with Crippen LogP contribution in [-0.2, 0) is 11.2 Å². The van der Waals surface area contributed by atoms with E-state index in [0.717, 1.165) is 5.56 Å². The molecule has 0 aliphatic heterocycles. The van der Waals surface area contributed by atoms with Crippen LogP contribution in [0.1, 0.15) is 19.4 Å². The Labute approximate surface area is 179 Å². The van der Waals surface area contributed by atoms with E-state index in [4.69, 9.17) is 17.0 Å². The van der Waals surface area contributed by atoms with E-state index in [1.807, 2.05) is 0 Å². The number of nitrogens with one attached hydrogen (secondary N) is 4. The SMILES string of the molecule is CC(C)(CO)C(=O)NC(=N)[C@H](Cc1ccc(Cl)cc1)NC(=O)Nc1ccc(F)cc1. The fraction of sp³-hybridized carbons (Fsp3) is 0.286. The zero-order valence-corrected chi connectivity index (χ0v) is 17.4. The summed E-state index contributed by atoms with van der Waals surface area (Å²) < 4.78 is 13.0. The predicted molar refractivity (Wildman–Crippen MR) is 114 cm³/mol. The maximum Gasteiger partial charge on any atom is 0.319 e. The molecule has 30 heavy (non-hydrogen) atoms. The number of anilines is 1. The van der Waals surface area contributed by atoms with Crippen LogP contribution in [0.2, 0.25) is 5.02 Å². The summed E-state index contributed by atoms with van der Waals surface area (Å²) in [6.45, 7) is 2.68. The molecular formula is C21H24ClFN4O3. The van der Waals surface area contributed by atoms with E-state index < -0.39 is 35.8 Å². The van der Waals surface area contributed by atoms with E-state index in [0.29, 0.717) is 10.7 Å². The van der Waals surface area contributed by atoms with Crippen LogP contribution >= 0.6 is 11.6 Å². The Morgan fingerprint density at radius 2 is 1.73 bits per heavy atom. The number of aliphatic hydroxyl groups is 1. The number of urea groups is 1. The Balaban J connectivity index is 2.14. The summed E-state index contributed by atoms with van der Waals surface area (Å²) in [7, 11) is 0. The molecule has 0 saturated carbocycles. The molecule has 0 spiro atoms. The molecule has 5 N–H and O–H groups in total. The molecular weight excluding hydrogens is 411 g/mol. The van der Waals surface area contributed by atoms with Gasteiger partial charge in [-0.15, -0.1) is 0 Å². The highest BCUT2D eigenvalue weighted by Crippen LogP contribution is 2.15. The maximum atomic E-state index is 13.0. The quantitative estimate of drug-likeness (QED) is 0.340. The molecule has 0 aliphatic rings. The van der Waals surface area contributed by atoms with Gasteiger partial charge in [0, 0.05) is 10.7 Å². The van der Waals surface area contributed by atoms with Gasteiger partial charge in [-0.05, 0) is 62.2 Å². The van der Waals surface area contributed by atoms with Gasteiger partial charge in [0.05, 0.1) is 18.1 Å². The minimum Gasteiger partial charge on any atom is -0.395 e. The lowest BCUT2D eigenvalue weighted by molar-refractivity contribution is -0.129. The van der Waals surface area contributed by atoms with E-state index in [-0.39, 0.29) is 12.3 Å². The van der Waals surface area contributed by atoms with Crippen molar-refractivity contribution in [2.45, 2.75) is 26.3 Å². The smallest absolute Gasteiger partial charge is 0.319 e. The number of rotatable bonds is 7. The number of hydrogen-bond acceptors (Lipinski definition) is 4. The van der Waals surface area contributed by atoms with Gasteiger partial charge in [-0.1, -0.05) is 23.7 Å². The van der Waals surface area contributed by atoms with Crippen molar-refractivity contribution in [3.8, 4) is 0 Å². The van der Waals surface area contributed by atoms with Gasteiger partial charge in [0.2, 0.25) is 5.91 Å². The average molecular weight is 435 g/mol. The number of amides is 3. The Morgan fingerprint density at radius 1 is 1.13 bits per heavy atom. The van der Waals surface area contributed by atoms with E-state index in [1.165, 1.54) is 24.3 Å². The summed E-state index contributed by atoms with van der Waals surface area (Å²) in [5, 5.41) is 25.8. The average Bonchev–Trinajstić information content (AvgIpc) is 2.70. The molecule has 0 radical (unpaired) electrons. The predicted octanol–water partition coefficient (Wildman–Crippen LogP) is 3.32. The van der Waals surface area contributed by atoms with Gasteiger partial charge in [-0.25, -0.2) is 9.18 Å². The van der Waals surface area contributed by atoms with Crippen molar-refractivity contribution in [3.05, 3.63) is 64.9 Å². The first-order chi connectivity index (χ1) is 14.1. The summed E-state index contributed by atoms with van der Waals surface area (Å²) in [6, 6.07) is 10.6. The van der Waals surface area contributed by atoms with Crippen LogP contribution in [0.5, 0.6) is 0 Å². The molecule has 7 nitrogen and oxygen atoms in total. The number of hydrogen-bond donors (Lipinski definition) is 5. The number of halogens is 2. The second kappa shape index (κ2) is 10.2. The second-order valence-electron chi connectivity index (χ2n) is 7.40. The van der Waals surface area contributed by atoms with Gasteiger partial charge in [-0.3, -0.25) is 10.2 Å². The molecule has 0 aromatic heterocycles. The molecule has 0 aliphatic carbocycles. The molecule has 1 atom stereocenters. The van der Waals surface area contributed by atoms with Crippen molar-refractivity contribution < 1.29 is 19.1 Å². The molecule has 2 aromatic rings. The topological polar surface area (TPSA) is 114 Å². The van der Waals surface area contributed by atoms with Crippen molar-refractivity contribution in [3.63, 3.8) is 0 Å². The normalized spacial score (nSPS) is 12.0. The molecule has 0 saturated heterocycles. The summed E-state index contributed by atoms with van der Waals surface area (Å²) in [6.07, 6.45) is 0.215. The van der Waals surface area contributed by atoms with Crippen LogP contribution in [0.4, 0.5) is 14.9 Å². The van der Waals surface area contributed by atoms with Gasteiger partial charge >= 0.3 is 6.03 Å². The Morgan fingerprint density at radius 3 is 2.30 bits per heavy atom. The van der Waals surface area contributed by atoms with E-state index >= 15 is 0 Å². The summed E-state index contributed by atoms with van der Waals surface area (Å²) in [4.78, 5) is 24.7. The third-order valence-electron chi connectivity index (χ3n) is 4.37. The highest BCUT2D eigenvalue weighted by atomic mass is 35.5. The standard InChI is InChI=1S/C21H24ClFN4O3/c1-21(2,12-28)19(29)27-18(24)17(11-13-3-5-14(22)6-4-13)26-20(30)25-16-9-7-15(23)8-10-16/h3-10,17,28H,11-12H2,1-2H3,(H2,24,27,29)(H2,25,26,30)/t17-/m0/s1. The Hall–Kier alpha value is -2.97. The van der Waals surface area contributed by atoms with Crippen LogP contribution in [0, 0.1) is 16.6 Å². The first kappa shape index (κ1) is 23.3. The van der Waals surface area contributed by atoms with Crippen molar-refractivity contribution >= 4 is 35.1 Å². The van der Waals surface area contributed by atoms with E-state index in [1.54, 1.807) is 38.1 Å². The largest absolute Gasteiger partial charge is 0.395 e. The van der Waals surface area contributed by atoms with Crippen molar-refractivity contribution in [2.75, 3.05) is 11.9 Å². The third kappa shape index (κ3) is 6.82. The van der Waals surface area contributed by atoms with Crippen molar-refractivity contribution in [2.24, 2.45) is 5.41 Å². The summed E-state index contributed by atoms with van der Waals surface area (Å²) >= 11 is 5.90. The van der Waals surface area contributed by atoms with Gasteiger partial charge < -0.3 is 21.1 Å². The van der Waals surface area contributed by atoms with E-state index in [2.05, 4.69) is 16.0 Å². The van der Waals surface area contributed by atoms with Crippen LogP contribution in [0.25, 0.3) is 0 Å². The number of carbonyl (C=O) groups is 2. The highest BCUT2D eigenvalue weighted by Gasteiger charge is 2.29. The summed E-state index contributed by atoms with van der Waals surface area (Å²) in [5.74, 6) is -1.21.